The highest BCUT2D eigenvalue weighted by molar-refractivity contribution is 5.80. The van der Waals surface area contributed by atoms with E-state index in [1.54, 1.807) is 11.7 Å². The fourth-order valence-corrected chi connectivity index (χ4v) is 3.59. The summed E-state index contributed by atoms with van der Waals surface area (Å²) in [4.78, 5) is 21.2. The first-order valence-corrected chi connectivity index (χ1v) is 8.56. The SMILES string of the molecule is Cc1nc2c(c(C)c1CCc1nc(C3(N)CCC3)no1)c(=O)[nH]n2C. The Labute approximate surface area is 144 Å². The Balaban J connectivity index is 1.61. The monoisotopic (exact) mass is 342 g/mol. The molecule has 0 atom stereocenters. The number of pyridine rings is 1. The maximum Gasteiger partial charge on any atom is 0.273 e. The van der Waals surface area contributed by atoms with Crippen LogP contribution in [0.25, 0.3) is 11.0 Å². The van der Waals surface area contributed by atoms with Gasteiger partial charge in [0.25, 0.3) is 5.56 Å². The van der Waals surface area contributed by atoms with Crippen molar-refractivity contribution in [3.8, 4) is 0 Å². The molecule has 0 unspecified atom stereocenters. The Morgan fingerprint density at radius 3 is 2.72 bits per heavy atom. The van der Waals surface area contributed by atoms with Crippen molar-refractivity contribution in [3.63, 3.8) is 0 Å². The predicted molar refractivity (Wildman–Crippen MR) is 92.2 cm³/mol. The number of nitrogens with two attached hydrogens (primary N) is 1. The van der Waals surface area contributed by atoms with Crippen LogP contribution in [0.5, 0.6) is 0 Å². The molecule has 0 radical (unpaired) electrons. The van der Waals surface area contributed by atoms with Crippen molar-refractivity contribution in [2.24, 2.45) is 12.8 Å². The Morgan fingerprint density at radius 1 is 1.28 bits per heavy atom. The first-order valence-electron chi connectivity index (χ1n) is 8.56. The average Bonchev–Trinajstić information content (AvgIpc) is 3.10. The number of aromatic amines is 1. The lowest BCUT2D eigenvalue weighted by Gasteiger charge is -2.34. The first kappa shape index (κ1) is 16.0. The maximum absolute atomic E-state index is 12.1. The number of aryl methyl sites for hydroxylation is 4. The number of hydrogen-bond donors (Lipinski definition) is 2. The largest absolute Gasteiger partial charge is 0.339 e. The van der Waals surface area contributed by atoms with Crippen LogP contribution in [0.4, 0.5) is 0 Å². The molecule has 8 nitrogen and oxygen atoms in total. The minimum Gasteiger partial charge on any atom is -0.339 e. The predicted octanol–water partition coefficient (Wildman–Crippen LogP) is 1.38. The molecule has 132 valence electrons. The molecule has 3 N–H and O–H groups in total. The minimum absolute atomic E-state index is 0.112. The standard InChI is InChI=1S/C17H22N6O2/c1-9-11(10(2)19-14-13(9)15(24)21-23(14)3)5-6-12-20-16(22-25-12)17(18)7-4-8-17/h4-8,18H2,1-3H3,(H,21,24). The zero-order chi connectivity index (χ0) is 17.8. The summed E-state index contributed by atoms with van der Waals surface area (Å²) in [7, 11) is 1.79. The highest BCUT2D eigenvalue weighted by Crippen LogP contribution is 2.36. The van der Waals surface area contributed by atoms with Crippen LogP contribution < -0.4 is 11.3 Å². The number of nitrogens with one attached hydrogen (secondary N) is 1. The first-order chi connectivity index (χ1) is 11.9. The van der Waals surface area contributed by atoms with Gasteiger partial charge in [0.15, 0.2) is 11.5 Å². The van der Waals surface area contributed by atoms with Gasteiger partial charge in [0.2, 0.25) is 5.89 Å². The van der Waals surface area contributed by atoms with Crippen LogP contribution in [0.15, 0.2) is 9.32 Å². The topological polar surface area (TPSA) is 116 Å². The van der Waals surface area contributed by atoms with Crippen molar-refractivity contribution in [1.82, 2.24) is 24.9 Å². The molecule has 1 aliphatic carbocycles. The molecule has 3 heterocycles. The molecule has 0 spiro atoms. The van der Waals surface area contributed by atoms with E-state index in [0.717, 1.165) is 36.1 Å². The van der Waals surface area contributed by atoms with Crippen LogP contribution in [0.1, 0.15) is 47.8 Å². The van der Waals surface area contributed by atoms with Gasteiger partial charge >= 0.3 is 0 Å². The third kappa shape index (κ3) is 2.48. The van der Waals surface area contributed by atoms with Gasteiger partial charge in [-0.15, -0.1) is 0 Å². The van der Waals surface area contributed by atoms with Crippen molar-refractivity contribution in [2.45, 2.75) is 51.5 Å². The molecular formula is C17H22N6O2. The van der Waals surface area contributed by atoms with E-state index in [2.05, 4.69) is 20.2 Å². The zero-order valence-electron chi connectivity index (χ0n) is 14.7. The Morgan fingerprint density at radius 2 is 2.04 bits per heavy atom. The lowest BCUT2D eigenvalue weighted by molar-refractivity contribution is 0.229. The summed E-state index contributed by atoms with van der Waals surface area (Å²) in [5, 5.41) is 7.45. The van der Waals surface area contributed by atoms with Gasteiger partial charge in [0, 0.05) is 19.2 Å². The molecule has 1 fully saturated rings. The molecular weight excluding hydrogens is 320 g/mol. The van der Waals surface area contributed by atoms with Crippen molar-refractivity contribution >= 4 is 11.0 Å². The second-order valence-corrected chi connectivity index (χ2v) is 7.02. The highest BCUT2D eigenvalue weighted by atomic mass is 16.5. The summed E-state index contributed by atoms with van der Waals surface area (Å²) in [6.45, 7) is 3.92. The molecule has 25 heavy (non-hydrogen) atoms. The normalized spacial score (nSPS) is 16.3. The van der Waals surface area contributed by atoms with Crippen molar-refractivity contribution in [3.05, 3.63) is 38.9 Å². The quantitative estimate of drug-likeness (QED) is 0.740. The molecule has 3 aromatic heterocycles. The highest BCUT2D eigenvalue weighted by Gasteiger charge is 2.38. The maximum atomic E-state index is 12.1. The van der Waals surface area contributed by atoms with Crippen LogP contribution in [0.3, 0.4) is 0 Å². The van der Waals surface area contributed by atoms with Gasteiger partial charge in [-0.25, -0.2) is 4.98 Å². The van der Waals surface area contributed by atoms with E-state index in [1.807, 2.05) is 13.8 Å². The Bertz CT molecular complexity index is 1010. The molecule has 1 aliphatic rings. The molecule has 4 rings (SSSR count). The van der Waals surface area contributed by atoms with Crippen LogP contribution in [-0.4, -0.2) is 24.9 Å². The summed E-state index contributed by atoms with van der Waals surface area (Å²) in [5.74, 6) is 1.18. The number of nitrogens with zero attached hydrogens (tertiary/aromatic N) is 4. The van der Waals surface area contributed by atoms with E-state index in [4.69, 9.17) is 10.3 Å². The van der Waals surface area contributed by atoms with Crippen LogP contribution in [0, 0.1) is 13.8 Å². The van der Waals surface area contributed by atoms with Gasteiger partial charge in [-0.3, -0.25) is 14.6 Å². The van der Waals surface area contributed by atoms with Gasteiger partial charge in [-0.1, -0.05) is 5.16 Å². The molecule has 0 saturated heterocycles. The lowest BCUT2D eigenvalue weighted by Crippen LogP contribution is -2.44. The fourth-order valence-electron chi connectivity index (χ4n) is 3.59. The van der Waals surface area contributed by atoms with Crippen LogP contribution in [-0.2, 0) is 25.4 Å². The number of hydrogen-bond acceptors (Lipinski definition) is 6. The van der Waals surface area contributed by atoms with E-state index in [9.17, 15) is 4.79 Å². The number of H-pyrrole nitrogens is 1. The zero-order valence-corrected chi connectivity index (χ0v) is 14.7. The molecule has 3 aromatic rings. The van der Waals surface area contributed by atoms with E-state index >= 15 is 0 Å². The van der Waals surface area contributed by atoms with Gasteiger partial charge < -0.3 is 10.3 Å². The van der Waals surface area contributed by atoms with Gasteiger partial charge in [0.05, 0.1) is 10.9 Å². The summed E-state index contributed by atoms with van der Waals surface area (Å²) >= 11 is 0. The number of rotatable bonds is 4. The van der Waals surface area contributed by atoms with Crippen molar-refractivity contribution < 1.29 is 4.52 Å². The second kappa shape index (κ2) is 5.52. The van der Waals surface area contributed by atoms with E-state index in [-0.39, 0.29) is 5.56 Å². The van der Waals surface area contributed by atoms with Crippen molar-refractivity contribution in [1.29, 1.82) is 0 Å². The van der Waals surface area contributed by atoms with E-state index < -0.39 is 5.54 Å². The fraction of sp³-hybridized carbons (Fsp3) is 0.529. The van der Waals surface area contributed by atoms with Gasteiger partial charge in [-0.05, 0) is 50.7 Å². The number of aromatic nitrogens is 5. The lowest BCUT2D eigenvalue weighted by atomic mass is 9.77. The molecule has 1 saturated carbocycles. The summed E-state index contributed by atoms with van der Waals surface area (Å²) in [6, 6.07) is 0. The van der Waals surface area contributed by atoms with Crippen LogP contribution in [0.2, 0.25) is 0 Å². The van der Waals surface area contributed by atoms with Gasteiger partial charge in [-0.2, -0.15) is 4.98 Å². The third-order valence-electron chi connectivity index (χ3n) is 5.32. The summed E-state index contributed by atoms with van der Waals surface area (Å²) < 4.78 is 7.03. The second-order valence-electron chi connectivity index (χ2n) is 7.02. The summed E-state index contributed by atoms with van der Waals surface area (Å²) in [6.07, 6.45) is 4.20. The molecule has 0 amide bonds. The van der Waals surface area contributed by atoms with Gasteiger partial charge in [0.1, 0.15) is 0 Å². The summed E-state index contributed by atoms with van der Waals surface area (Å²) in [5.41, 5.74) is 9.31. The van der Waals surface area contributed by atoms with Crippen LogP contribution >= 0.6 is 0 Å². The molecule has 0 aliphatic heterocycles. The average molecular weight is 342 g/mol. The molecule has 0 bridgehead atoms. The third-order valence-corrected chi connectivity index (χ3v) is 5.32. The molecule has 0 aromatic carbocycles. The van der Waals surface area contributed by atoms with E-state index in [1.165, 1.54) is 0 Å². The molecule has 8 heteroatoms. The number of fused-ring (bicyclic) bond motifs is 1. The minimum atomic E-state index is -0.411. The van der Waals surface area contributed by atoms with E-state index in [0.29, 0.717) is 35.6 Å². The smallest absolute Gasteiger partial charge is 0.273 e. The van der Waals surface area contributed by atoms with Crippen molar-refractivity contribution in [2.75, 3.05) is 0 Å². The Hall–Kier alpha value is -2.48. The Kier molecular flexibility index (Phi) is 3.54.